The van der Waals surface area contributed by atoms with Crippen LogP contribution in [0.3, 0.4) is 0 Å². The number of nitriles is 1. The molecular formula is C14H17F3N2O. The van der Waals surface area contributed by atoms with E-state index >= 15 is 0 Å². The Balaban J connectivity index is 2.99. The lowest BCUT2D eigenvalue weighted by Gasteiger charge is -2.23. The molecule has 20 heavy (non-hydrogen) atoms. The van der Waals surface area contributed by atoms with Crippen molar-refractivity contribution in [1.29, 1.82) is 5.26 Å². The van der Waals surface area contributed by atoms with E-state index in [9.17, 15) is 13.2 Å². The first kappa shape index (κ1) is 16.3. The van der Waals surface area contributed by atoms with E-state index in [1.807, 2.05) is 18.7 Å². The molecule has 0 aromatic heterocycles. The van der Waals surface area contributed by atoms with Crippen molar-refractivity contribution in [1.82, 2.24) is 0 Å². The summed E-state index contributed by atoms with van der Waals surface area (Å²) in [6, 6.07) is 5.23. The molecule has 0 spiro atoms. The van der Waals surface area contributed by atoms with Gasteiger partial charge in [-0.05, 0) is 32.0 Å². The normalized spacial score (nSPS) is 11.2. The first-order valence-electron chi connectivity index (χ1n) is 6.38. The second-order valence-corrected chi connectivity index (χ2v) is 4.12. The van der Waals surface area contributed by atoms with Crippen molar-refractivity contribution < 1.29 is 17.9 Å². The molecule has 0 aliphatic heterocycles. The maximum absolute atomic E-state index is 12.7. The number of benzene rings is 1. The predicted octanol–water partition coefficient (Wildman–Crippen LogP) is 3.44. The summed E-state index contributed by atoms with van der Waals surface area (Å²) in [4.78, 5) is 1.87. The smallest absolute Gasteiger partial charge is 0.380 e. The summed E-state index contributed by atoms with van der Waals surface area (Å²) in [7, 11) is 0. The van der Waals surface area contributed by atoms with Crippen molar-refractivity contribution in [2.75, 3.05) is 31.2 Å². The minimum atomic E-state index is -4.51. The molecule has 1 aromatic carbocycles. The Hall–Kier alpha value is -1.74. The van der Waals surface area contributed by atoms with Gasteiger partial charge < -0.3 is 9.64 Å². The fourth-order valence-electron chi connectivity index (χ4n) is 1.86. The molecule has 0 saturated heterocycles. The quantitative estimate of drug-likeness (QED) is 0.752. The summed E-state index contributed by atoms with van der Waals surface area (Å²) in [5.41, 5.74) is -0.661. The minimum absolute atomic E-state index is 0.357. The van der Waals surface area contributed by atoms with Gasteiger partial charge in [0.15, 0.2) is 0 Å². The predicted molar refractivity (Wildman–Crippen MR) is 70.5 cm³/mol. The summed E-state index contributed by atoms with van der Waals surface area (Å²) in [5, 5.41) is 8.88. The average Bonchev–Trinajstić information content (AvgIpc) is 2.42. The lowest BCUT2D eigenvalue weighted by Crippen LogP contribution is -2.27. The van der Waals surface area contributed by atoms with Gasteiger partial charge in [0.25, 0.3) is 0 Å². The van der Waals surface area contributed by atoms with E-state index in [1.54, 1.807) is 6.07 Å². The number of nitrogens with zero attached hydrogens (tertiary/aromatic N) is 2. The Morgan fingerprint density at radius 2 is 2.00 bits per heavy atom. The van der Waals surface area contributed by atoms with Crippen LogP contribution in [0.2, 0.25) is 0 Å². The highest BCUT2D eigenvalue weighted by Crippen LogP contribution is 2.33. The second kappa shape index (κ2) is 7.15. The molecule has 0 fully saturated rings. The standard InChI is InChI=1S/C14H17F3N2O/c1-3-19(7-8-20-4-2)12-5-6-13(14(15,16)17)11(9-12)10-18/h5-6,9H,3-4,7-8H2,1-2H3. The Morgan fingerprint density at radius 3 is 2.50 bits per heavy atom. The maximum Gasteiger partial charge on any atom is 0.417 e. The Bertz CT molecular complexity index is 480. The van der Waals surface area contributed by atoms with Crippen molar-refractivity contribution in [3.05, 3.63) is 29.3 Å². The van der Waals surface area contributed by atoms with E-state index in [-0.39, 0.29) is 5.56 Å². The van der Waals surface area contributed by atoms with E-state index in [2.05, 4.69) is 0 Å². The summed E-state index contributed by atoms with van der Waals surface area (Å²) in [6.45, 7) is 6.06. The number of halogens is 3. The maximum atomic E-state index is 12.7. The van der Waals surface area contributed by atoms with Gasteiger partial charge in [0.05, 0.1) is 23.8 Å². The molecule has 0 atom stereocenters. The molecule has 0 aliphatic carbocycles. The molecule has 110 valence electrons. The van der Waals surface area contributed by atoms with Crippen LogP contribution in [0.5, 0.6) is 0 Å². The zero-order chi connectivity index (χ0) is 15.2. The molecule has 0 radical (unpaired) electrons. The third-order valence-corrected chi connectivity index (χ3v) is 2.89. The van der Waals surface area contributed by atoms with Crippen LogP contribution in [-0.2, 0) is 10.9 Å². The van der Waals surface area contributed by atoms with Crippen LogP contribution in [0.15, 0.2) is 18.2 Å². The molecule has 0 aliphatic rings. The topological polar surface area (TPSA) is 36.3 Å². The van der Waals surface area contributed by atoms with Crippen LogP contribution >= 0.6 is 0 Å². The summed E-state index contributed by atoms with van der Waals surface area (Å²) in [6.07, 6.45) is -4.51. The Labute approximate surface area is 116 Å². The molecule has 1 rings (SSSR count). The van der Waals surface area contributed by atoms with Crippen molar-refractivity contribution in [2.24, 2.45) is 0 Å². The van der Waals surface area contributed by atoms with Gasteiger partial charge in [0, 0.05) is 25.4 Å². The van der Waals surface area contributed by atoms with Crippen molar-refractivity contribution in [3.8, 4) is 6.07 Å². The number of likely N-dealkylation sites (N-methyl/N-ethyl adjacent to an activating group) is 1. The highest BCUT2D eigenvalue weighted by atomic mass is 19.4. The molecule has 1 aromatic rings. The largest absolute Gasteiger partial charge is 0.417 e. The number of alkyl halides is 3. The molecule has 0 saturated carbocycles. The summed E-state index contributed by atoms with van der Waals surface area (Å²) in [5.74, 6) is 0. The summed E-state index contributed by atoms with van der Waals surface area (Å²) >= 11 is 0. The van der Waals surface area contributed by atoms with E-state index < -0.39 is 11.7 Å². The van der Waals surface area contributed by atoms with Gasteiger partial charge in [-0.3, -0.25) is 0 Å². The number of hydrogen-bond donors (Lipinski definition) is 0. The highest BCUT2D eigenvalue weighted by molar-refractivity contribution is 5.55. The van der Waals surface area contributed by atoms with Gasteiger partial charge in [-0.2, -0.15) is 18.4 Å². The van der Waals surface area contributed by atoms with E-state index in [0.29, 0.717) is 32.0 Å². The Morgan fingerprint density at radius 1 is 1.30 bits per heavy atom. The molecule has 0 N–H and O–H groups in total. The van der Waals surface area contributed by atoms with Crippen LogP contribution in [0.25, 0.3) is 0 Å². The molecule has 6 heteroatoms. The third kappa shape index (κ3) is 4.14. The van der Waals surface area contributed by atoms with Gasteiger partial charge in [0.1, 0.15) is 0 Å². The van der Waals surface area contributed by atoms with E-state index in [4.69, 9.17) is 10.00 Å². The number of anilines is 1. The van der Waals surface area contributed by atoms with Crippen LogP contribution in [-0.4, -0.2) is 26.3 Å². The third-order valence-electron chi connectivity index (χ3n) is 2.89. The number of hydrogen-bond acceptors (Lipinski definition) is 3. The zero-order valence-corrected chi connectivity index (χ0v) is 11.5. The average molecular weight is 286 g/mol. The number of rotatable bonds is 6. The Kier molecular flexibility index (Phi) is 5.83. The summed E-state index contributed by atoms with van der Waals surface area (Å²) < 4.78 is 43.4. The van der Waals surface area contributed by atoms with Gasteiger partial charge in [-0.15, -0.1) is 0 Å². The van der Waals surface area contributed by atoms with Crippen LogP contribution in [0.4, 0.5) is 18.9 Å². The fraction of sp³-hybridized carbons (Fsp3) is 0.500. The van der Waals surface area contributed by atoms with Crippen LogP contribution < -0.4 is 4.90 Å². The van der Waals surface area contributed by atoms with Crippen LogP contribution in [0, 0.1) is 11.3 Å². The molecule has 0 amide bonds. The lowest BCUT2D eigenvalue weighted by molar-refractivity contribution is -0.137. The molecule has 0 bridgehead atoms. The van der Waals surface area contributed by atoms with Crippen molar-refractivity contribution in [2.45, 2.75) is 20.0 Å². The van der Waals surface area contributed by atoms with Gasteiger partial charge in [0.2, 0.25) is 0 Å². The molecular weight excluding hydrogens is 269 g/mol. The van der Waals surface area contributed by atoms with Gasteiger partial charge in [-0.1, -0.05) is 0 Å². The van der Waals surface area contributed by atoms with E-state index in [1.165, 1.54) is 12.1 Å². The molecule has 0 heterocycles. The second-order valence-electron chi connectivity index (χ2n) is 4.12. The minimum Gasteiger partial charge on any atom is -0.380 e. The zero-order valence-electron chi connectivity index (χ0n) is 11.5. The van der Waals surface area contributed by atoms with E-state index in [0.717, 1.165) is 6.07 Å². The van der Waals surface area contributed by atoms with Gasteiger partial charge in [-0.25, -0.2) is 0 Å². The first-order chi connectivity index (χ1) is 9.43. The monoisotopic (exact) mass is 286 g/mol. The number of ether oxygens (including phenoxy) is 1. The fourth-order valence-corrected chi connectivity index (χ4v) is 1.86. The van der Waals surface area contributed by atoms with Crippen molar-refractivity contribution in [3.63, 3.8) is 0 Å². The van der Waals surface area contributed by atoms with Crippen molar-refractivity contribution >= 4 is 5.69 Å². The lowest BCUT2D eigenvalue weighted by atomic mass is 10.1. The molecule has 0 unspecified atom stereocenters. The van der Waals surface area contributed by atoms with Crippen LogP contribution in [0.1, 0.15) is 25.0 Å². The molecule has 3 nitrogen and oxygen atoms in total. The first-order valence-corrected chi connectivity index (χ1v) is 6.38. The SMILES string of the molecule is CCOCCN(CC)c1ccc(C(F)(F)F)c(C#N)c1. The van der Waals surface area contributed by atoms with Gasteiger partial charge >= 0.3 is 6.18 Å². The highest BCUT2D eigenvalue weighted by Gasteiger charge is 2.33.